The third-order valence-corrected chi connectivity index (χ3v) is 3.72. The number of nitrogens with zero attached hydrogens (tertiary/aromatic N) is 2. The minimum atomic E-state index is -0.379. The van der Waals surface area contributed by atoms with Crippen LogP contribution in [0.1, 0.15) is 15.9 Å². The van der Waals surface area contributed by atoms with Crippen molar-refractivity contribution in [3.8, 4) is 22.5 Å². The van der Waals surface area contributed by atoms with Crippen LogP contribution in [0.5, 0.6) is 0 Å². The second-order valence-corrected chi connectivity index (χ2v) is 5.23. The van der Waals surface area contributed by atoms with E-state index in [9.17, 15) is 4.79 Å². The Labute approximate surface area is 140 Å². The quantitative estimate of drug-likeness (QED) is 0.574. The molecule has 5 nitrogen and oxygen atoms in total. The number of aromatic amines is 1. The summed E-state index contributed by atoms with van der Waals surface area (Å²) in [6, 6.07) is 7.50. The van der Waals surface area contributed by atoms with E-state index in [2.05, 4.69) is 21.5 Å². The highest BCUT2D eigenvalue weighted by Crippen LogP contribution is 2.33. The molecular formula is C19H17N3O2. The number of hydrogen-bond acceptors (Lipinski definition) is 4. The fourth-order valence-corrected chi connectivity index (χ4v) is 2.60. The van der Waals surface area contributed by atoms with Gasteiger partial charge in [-0.2, -0.15) is 0 Å². The van der Waals surface area contributed by atoms with Gasteiger partial charge in [0.25, 0.3) is 0 Å². The van der Waals surface area contributed by atoms with Crippen LogP contribution in [0.2, 0.25) is 0 Å². The molecule has 0 amide bonds. The summed E-state index contributed by atoms with van der Waals surface area (Å²) in [4.78, 5) is 24.0. The molecule has 0 aromatic carbocycles. The number of hydrogen-bond donors (Lipinski definition) is 1. The van der Waals surface area contributed by atoms with Crippen LogP contribution in [0.25, 0.3) is 22.5 Å². The first-order valence-electron chi connectivity index (χ1n) is 7.53. The third-order valence-electron chi connectivity index (χ3n) is 3.72. The Bertz CT molecular complexity index is 855. The van der Waals surface area contributed by atoms with Crippen LogP contribution in [0, 0.1) is 6.92 Å². The molecule has 0 spiro atoms. The molecule has 0 aliphatic heterocycles. The van der Waals surface area contributed by atoms with Gasteiger partial charge in [-0.3, -0.25) is 9.97 Å². The molecule has 0 radical (unpaired) electrons. The van der Waals surface area contributed by atoms with Crippen LogP contribution < -0.4 is 0 Å². The van der Waals surface area contributed by atoms with Crippen molar-refractivity contribution in [2.24, 2.45) is 0 Å². The number of pyridine rings is 2. The molecule has 0 aliphatic carbocycles. The van der Waals surface area contributed by atoms with Gasteiger partial charge in [-0.05, 0) is 36.8 Å². The maximum atomic E-state index is 12.5. The molecule has 0 bridgehead atoms. The lowest BCUT2D eigenvalue weighted by atomic mass is 10.0. The van der Waals surface area contributed by atoms with Crippen molar-refractivity contribution in [3.63, 3.8) is 0 Å². The molecule has 0 saturated heterocycles. The number of ether oxygens (including phenoxy) is 1. The van der Waals surface area contributed by atoms with Gasteiger partial charge < -0.3 is 9.72 Å². The van der Waals surface area contributed by atoms with Crippen LogP contribution in [-0.4, -0.2) is 27.5 Å². The monoisotopic (exact) mass is 319 g/mol. The zero-order chi connectivity index (χ0) is 16.9. The maximum absolute atomic E-state index is 12.5. The lowest BCUT2D eigenvalue weighted by Gasteiger charge is -2.05. The van der Waals surface area contributed by atoms with Crippen LogP contribution >= 0.6 is 0 Å². The van der Waals surface area contributed by atoms with Crippen molar-refractivity contribution in [2.75, 3.05) is 6.61 Å². The molecule has 3 aromatic heterocycles. The van der Waals surface area contributed by atoms with Gasteiger partial charge in [0.1, 0.15) is 6.61 Å². The first-order valence-corrected chi connectivity index (χ1v) is 7.53. The number of carbonyl (C=O) groups is 1. The number of esters is 1. The zero-order valence-corrected chi connectivity index (χ0v) is 13.3. The average molecular weight is 319 g/mol. The molecule has 0 saturated carbocycles. The van der Waals surface area contributed by atoms with E-state index in [-0.39, 0.29) is 12.6 Å². The summed E-state index contributed by atoms with van der Waals surface area (Å²) in [5.41, 5.74) is 4.78. The van der Waals surface area contributed by atoms with Gasteiger partial charge in [0.05, 0.1) is 11.3 Å². The van der Waals surface area contributed by atoms with Crippen molar-refractivity contribution in [1.82, 2.24) is 15.0 Å². The summed E-state index contributed by atoms with van der Waals surface area (Å²) in [5, 5.41) is 0. The molecule has 5 heteroatoms. The molecule has 0 fully saturated rings. The Hall–Kier alpha value is -3.21. The van der Waals surface area contributed by atoms with Crippen molar-refractivity contribution in [3.05, 3.63) is 72.8 Å². The van der Waals surface area contributed by atoms with E-state index >= 15 is 0 Å². The van der Waals surface area contributed by atoms with Crippen molar-refractivity contribution >= 4 is 5.97 Å². The molecule has 3 rings (SSSR count). The van der Waals surface area contributed by atoms with Gasteiger partial charge in [-0.1, -0.05) is 12.7 Å². The molecule has 24 heavy (non-hydrogen) atoms. The van der Waals surface area contributed by atoms with Crippen molar-refractivity contribution in [1.29, 1.82) is 0 Å². The Morgan fingerprint density at radius 2 is 1.62 bits per heavy atom. The van der Waals surface area contributed by atoms with E-state index in [0.29, 0.717) is 5.56 Å². The molecule has 3 heterocycles. The largest absolute Gasteiger partial charge is 0.458 e. The van der Waals surface area contributed by atoms with E-state index in [1.165, 1.54) is 0 Å². The molecule has 0 atom stereocenters. The Balaban J connectivity index is 2.16. The highest BCUT2D eigenvalue weighted by molar-refractivity contribution is 6.00. The zero-order valence-electron chi connectivity index (χ0n) is 13.3. The first-order chi connectivity index (χ1) is 11.7. The minimum absolute atomic E-state index is 0.170. The van der Waals surface area contributed by atoms with Gasteiger partial charge in [0, 0.05) is 41.6 Å². The predicted octanol–water partition coefficient (Wildman–Crippen LogP) is 3.79. The normalized spacial score (nSPS) is 10.4. The Morgan fingerprint density at radius 3 is 2.17 bits per heavy atom. The number of rotatable bonds is 5. The standard InChI is InChI=1S/C19H17N3O2/c1-3-12-24-19(23)16-13(2)17(14-4-8-20-9-5-14)22-18(16)15-6-10-21-11-7-15/h3-11,22H,1,12H2,2H3. The van der Waals surface area contributed by atoms with Crippen LogP contribution in [0.4, 0.5) is 0 Å². The summed E-state index contributed by atoms with van der Waals surface area (Å²) < 4.78 is 5.26. The SMILES string of the molecule is C=CCOC(=O)c1c(-c2ccncc2)[nH]c(-c2ccncc2)c1C. The van der Waals surface area contributed by atoms with Gasteiger partial charge in [-0.25, -0.2) is 4.79 Å². The minimum Gasteiger partial charge on any atom is -0.458 e. The highest BCUT2D eigenvalue weighted by Gasteiger charge is 2.23. The lowest BCUT2D eigenvalue weighted by molar-refractivity contribution is 0.0550. The average Bonchev–Trinajstić information content (AvgIpc) is 2.98. The molecule has 3 aromatic rings. The van der Waals surface area contributed by atoms with Crippen LogP contribution in [0.15, 0.2) is 61.7 Å². The molecular weight excluding hydrogens is 302 g/mol. The van der Waals surface area contributed by atoms with E-state index in [4.69, 9.17) is 4.74 Å². The van der Waals surface area contributed by atoms with Crippen LogP contribution in [0.3, 0.4) is 0 Å². The number of nitrogens with one attached hydrogen (secondary N) is 1. The van der Waals surface area contributed by atoms with Gasteiger partial charge in [0.2, 0.25) is 0 Å². The highest BCUT2D eigenvalue weighted by atomic mass is 16.5. The fraction of sp³-hybridized carbons (Fsp3) is 0.105. The predicted molar refractivity (Wildman–Crippen MR) is 92.5 cm³/mol. The summed E-state index contributed by atoms with van der Waals surface area (Å²) in [6.07, 6.45) is 8.37. The lowest BCUT2D eigenvalue weighted by Crippen LogP contribution is -2.07. The first kappa shape index (κ1) is 15.7. The maximum Gasteiger partial charge on any atom is 0.340 e. The summed E-state index contributed by atoms with van der Waals surface area (Å²) in [6.45, 7) is 5.66. The second-order valence-electron chi connectivity index (χ2n) is 5.23. The topological polar surface area (TPSA) is 67.9 Å². The Morgan fingerprint density at radius 1 is 1.08 bits per heavy atom. The smallest absolute Gasteiger partial charge is 0.340 e. The number of H-pyrrole nitrogens is 1. The third kappa shape index (κ3) is 2.96. The molecule has 0 aliphatic rings. The van der Waals surface area contributed by atoms with E-state index in [0.717, 1.165) is 28.1 Å². The summed E-state index contributed by atoms with van der Waals surface area (Å²) >= 11 is 0. The second kappa shape index (κ2) is 6.91. The number of aromatic nitrogens is 3. The van der Waals surface area contributed by atoms with E-state index in [1.54, 1.807) is 30.9 Å². The molecule has 120 valence electrons. The van der Waals surface area contributed by atoms with Crippen LogP contribution in [-0.2, 0) is 4.74 Å². The fourth-order valence-electron chi connectivity index (χ4n) is 2.60. The van der Waals surface area contributed by atoms with Gasteiger partial charge in [-0.15, -0.1) is 0 Å². The van der Waals surface area contributed by atoms with Gasteiger partial charge in [0.15, 0.2) is 0 Å². The summed E-state index contributed by atoms with van der Waals surface area (Å²) in [7, 11) is 0. The number of carbonyl (C=O) groups excluding carboxylic acids is 1. The van der Waals surface area contributed by atoms with Crippen molar-refractivity contribution < 1.29 is 9.53 Å². The van der Waals surface area contributed by atoms with Gasteiger partial charge >= 0.3 is 5.97 Å². The van der Waals surface area contributed by atoms with E-state index < -0.39 is 0 Å². The molecule has 0 unspecified atom stereocenters. The van der Waals surface area contributed by atoms with E-state index in [1.807, 2.05) is 31.2 Å². The van der Waals surface area contributed by atoms with Crippen molar-refractivity contribution in [2.45, 2.75) is 6.92 Å². The summed E-state index contributed by atoms with van der Waals surface area (Å²) in [5.74, 6) is -0.379. The molecule has 1 N–H and O–H groups in total. The Kier molecular flexibility index (Phi) is 4.52.